The van der Waals surface area contributed by atoms with E-state index in [2.05, 4.69) is 127 Å². The normalized spacial score (nSPS) is 11.7. The van der Waals surface area contributed by atoms with Gasteiger partial charge in [0.2, 0.25) is 0 Å². The molecular weight excluding hydrogens is 661 g/mol. The second kappa shape index (κ2) is 11.3. The number of nitrogens with zero attached hydrogens (tertiary/aromatic N) is 3. The predicted molar refractivity (Wildman–Crippen MR) is 206 cm³/mol. The quantitative estimate of drug-likeness (QED) is 0.136. The van der Waals surface area contributed by atoms with Crippen molar-refractivity contribution in [1.29, 1.82) is 0 Å². The van der Waals surface area contributed by atoms with Gasteiger partial charge in [0.1, 0.15) is 0 Å². The molecule has 0 spiro atoms. The van der Waals surface area contributed by atoms with Crippen LogP contribution in [0.1, 0.15) is 0 Å². The Balaban J connectivity index is 1.22. The van der Waals surface area contributed by atoms with Gasteiger partial charge in [-0.25, -0.2) is 0 Å². The Morgan fingerprint density at radius 2 is 0.959 bits per heavy atom. The van der Waals surface area contributed by atoms with Crippen LogP contribution in [0.5, 0.6) is 0 Å². The van der Waals surface area contributed by atoms with E-state index >= 15 is 0 Å². The summed E-state index contributed by atoms with van der Waals surface area (Å²) in [6.45, 7) is 0. The molecule has 0 saturated carbocycles. The molecule has 3 nitrogen and oxygen atoms in total. The van der Waals surface area contributed by atoms with Crippen LogP contribution in [-0.4, -0.2) is 29.5 Å². The molecule has 0 atom stereocenters. The van der Waals surface area contributed by atoms with Crippen molar-refractivity contribution in [3.63, 3.8) is 0 Å². The number of hydrogen-bond donors (Lipinski definition) is 0. The van der Waals surface area contributed by atoms with Gasteiger partial charge in [0, 0.05) is 0 Å². The monoisotopic (exact) mass is 689 g/mol. The van der Waals surface area contributed by atoms with Crippen molar-refractivity contribution in [2.75, 3.05) is 0 Å². The minimum Gasteiger partial charge on any atom is -0.0615 e. The van der Waals surface area contributed by atoms with Gasteiger partial charge in [0.05, 0.1) is 0 Å². The Morgan fingerprint density at radius 3 is 1.73 bits per heavy atom. The van der Waals surface area contributed by atoms with Gasteiger partial charge in [-0.05, 0) is 0 Å². The molecule has 0 N–H and O–H groups in total. The summed E-state index contributed by atoms with van der Waals surface area (Å²) in [5, 5.41) is 10.3. The molecule has 0 unspecified atom stereocenters. The van der Waals surface area contributed by atoms with Gasteiger partial charge in [-0.15, -0.1) is 0 Å². The van der Waals surface area contributed by atoms with Gasteiger partial charge in [0.15, 0.2) is 0 Å². The number of hydrogen-bond acceptors (Lipinski definition) is 3. The zero-order valence-corrected chi connectivity index (χ0v) is 28.1. The van der Waals surface area contributed by atoms with Crippen LogP contribution in [0.4, 0.5) is 0 Å². The average Bonchev–Trinajstić information content (AvgIpc) is 3.56. The summed E-state index contributed by atoms with van der Waals surface area (Å²) < 4.78 is 2.95. The van der Waals surface area contributed by atoms with Crippen molar-refractivity contribution < 1.29 is 0 Å². The van der Waals surface area contributed by atoms with Crippen LogP contribution in [0.25, 0.3) is 96.9 Å². The van der Waals surface area contributed by atoms with E-state index in [1.165, 1.54) is 46.4 Å². The molecule has 49 heavy (non-hydrogen) atoms. The molecule has 0 aliphatic heterocycles. The molecule has 0 amide bonds. The topological polar surface area (TPSA) is 38.7 Å². The molecule has 0 fully saturated rings. The molecule has 0 saturated heterocycles. The van der Waals surface area contributed by atoms with E-state index < -0.39 is 0 Å². The summed E-state index contributed by atoms with van der Waals surface area (Å²) in [5.74, 6) is 1.98. The van der Waals surface area contributed by atoms with Gasteiger partial charge < -0.3 is 0 Å². The minimum absolute atomic E-state index is 0.261. The van der Waals surface area contributed by atoms with Crippen LogP contribution in [0.2, 0.25) is 0 Å². The number of benzene rings is 8. The largest absolute Gasteiger partial charge is 0.0615 e. The zero-order chi connectivity index (χ0) is 32.3. The van der Waals surface area contributed by atoms with Crippen molar-refractivity contribution in [2.45, 2.75) is 0 Å². The third-order valence-electron chi connectivity index (χ3n) is 9.48. The summed E-state index contributed by atoms with van der Waals surface area (Å²) in [4.78, 5) is 15.2. The second-order valence-corrected chi connectivity index (χ2v) is 14.6. The molecule has 2 aromatic heterocycles. The van der Waals surface area contributed by atoms with Gasteiger partial charge in [-0.3, -0.25) is 0 Å². The maximum Gasteiger partial charge on any atom is -0.0512 e. The first kappa shape index (κ1) is 28.1. The van der Waals surface area contributed by atoms with Crippen LogP contribution >= 0.6 is 0 Å². The molecule has 2 heterocycles. The van der Waals surface area contributed by atoms with E-state index in [-0.39, 0.29) is 14.5 Å². The molecule has 10 aromatic rings. The zero-order valence-electron chi connectivity index (χ0n) is 26.3. The molecule has 0 bridgehead atoms. The van der Waals surface area contributed by atoms with E-state index in [9.17, 15) is 0 Å². The van der Waals surface area contributed by atoms with E-state index in [1.54, 1.807) is 0 Å². The van der Waals surface area contributed by atoms with Crippen molar-refractivity contribution in [3.05, 3.63) is 164 Å². The number of aromatic nitrogens is 3. The maximum absolute atomic E-state index is 5.11. The van der Waals surface area contributed by atoms with Crippen LogP contribution < -0.4 is 0 Å². The summed E-state index contributed by atoms with van der Waals surface area (Å²) in [6.07, 6.45) is 0. The van der Waals surface area contributed by atoms with Gasteiger partial charge >= 0.3 is 229 Å². The van der Waals surface area contributed by atoms with Crippen molar-refractivity contribution in [1.82, 2.24) is 15.0 Å². The first-order valence-corrected chi connectivity index (χ1v) is 18.2. The third-order valence-corrected chi connectivity index (χ3v) is 12.0. The average molecular weight is 689 g/mol. The van der Waals surface area contributed by atoms with Crippen molar-refractivity contribution in [2.24, 2.45) is 0 Å². The van der Waals surface area contributed by atoms with E-state index in [1.807, 2.05) is 36.4 Å². The molecule has 10 rings (SSSR count). The Bertz CT molecular complexity index is 2820. The fourth-order valence-electron chi connectivity index (χ4n) is 7.09. The second-order valence-electron chi connectivity index (χ2n) is 12.4. The molecule has 228 valence electrons. The van der Waals surface area contributed by atoms with Crippen molar-refractivity contribution in [3.8, 4) is 45.3 Å². The van der Waals surface area contributed by atoms with E-state index in [0.717, 1.165) is 33.0 Å². The number of rotatable bonds is 4. The first-order chi connectivity index (χ1) is 24.3. The van der Waals surface area contributed by atoms with E-state index in [0.29, 0.717) is 17.5 Å². The van der Waals surface area contributed by atoms with Gasteiger partial charge in [-0.1, -0.05) is 60.7 Å². The molecule has 8 aromatic carbocycles. The summed E-state index contributed by atoms with van der Waals surface area (Å²) in [6, 6.07) is 58.4. The van der Waals surface area contributed by atoms with Crippen LogP contribution in [0.15, 0.2) is 164 Å². The Labute approximate surface area is 288 Å². The fourth-order valence-corrected chi connectivity index (χ4v) is 9.76. The van der Waals surface area contributed by atoms with Crippen molar-refractivity contribution >= 4 is 66.1 Å². The standard InChI is InChI=1S/C45H27N3Se/c1-3-11-30(12-4-1)43-46-44(31-13-5-2-6-14-31)48-45(47-43)39-27-34(25-33-15-7-8-16-35(33)39)32-22-20-28-19-21-29-23-24-37-36-17-9-10-18-40(36)49-42(37)41(29)38(28)26-32/h1-27H. The summed E-state index contributed by atoms with van der Waals surface area (Å²) in [5.41, 5.74) is 5.22. The summed E-state index contributed by atoms with van der Waals surface area (Å²) >= 11 is 0.261. The molecular formula is C45H27N3Se. The Hall–Kier alpha value is -5.93. The van der Waals surface area contributed by atoms with Crippen LogP contribution in [-0.2, 0) is 0 Å². The van der Waals surface area contributed by atoms with Gasteiger partial charge in [-0.2, -0.15) is 0 Å². The van der Waals surface area contributed by atoms with Crippen LogP contribution in [0.3, 0.4) is 0 Å². The first-order valence-electron chi connectivity index (χ1n) is 16.4. The SMILES string of the molecule is c1ccc(-c2nc(-c3ccccc3)nc(-c3cc(-c4ccc5ccc6ccc7c8ccccc8[se]c7c6c5c4)cc4ccccc34)n2)cc1. The Kier molecular flexibility index (Phi) is 6.51. The molecule has 0 aliphatic carbocycles. The molecule has 0 aliphatic rings. The molecule has 4 heteroatoms. The smallest absolute Gasteiger partial charge is 0.0512 e. The summed E-state index contributed by atoms with van der Waals surface area (Å²) in [7, 11) is 0. The fraction of sp³-hybridized carbons (Fsp3) is 0. The number of fused-ring (bicyclic) bond motifs is 8. The van der Waals surface area contributed by atoms with Crippen LogP contribution in [0, 0.1) is 0 Å². The Morgan fingerprint density at radius 1 is 0.347 bits per heavy atom. The minimum atomic E-state index is 0.261. The van der Waals surface area contributed by atoms with E-state index in [4.69, 9.17) is 15.0 Å². The molecule has 0 radical (unpaired) electrons. The van der Waals surface area contributed by atoms with Gasteiger partial charge in [0.25, 0.3) is 0 Å². The maximum atomic E-state index is 5.11. The third kappa shape index (κ3) is 4.76. The predicted octanol–water partition coefficient (Wildman–Crippen LogP) is 11.4.